The van der Waals surface area contributed by atoms with Gasteiger partial charge in [-0.1, -0.05) is 0 Å². The quantitative estimate of drug-likeness (QED) is 0.391. The zero-order valence-electron chi connectivity index (χ0n) is 2.47. The Balaban J connectivity index is 0. The van der Waals surface area contributed by atoms with Crippen LogP contribution in [0, 0.1) is 6.92 Å². The fraction of sp³-hybridized carbons (Fsp3) is 0. The SMILES string of the molecule is [CH2-]C(=O)O.[Mo]. The molecule has 30 valence electrons. The van der Waals surface area contributed by atoms with Crippen LogP contribution in [0.2, 0.25) is 0 Å². The van der Waals surface area contributed by atoms with Crippen LogP contribution in [0.25, 0.3) is 0 Å². The standard InChI is InChI=1S/C2H3O2.Mo/c1-2(3)4;/h1H2,(H,3,4);/q-1;. The summed E-state index contributed by atoms with van der Waals surface area (Å²) in [7, 11) is 0. The van der Waals surface area contributed by atoms with E-state index < -0.39 is 5.97 Å². The van der Waals surface area contributed by atoms with Crippen molar-refractivity contribution in [1.29, 1.82) is 0 Å². The molecule has 0 aliphatic rings. The van der Waals surface area contributed by atoms with Crippen molar-refractivity contribution >= 4 is 5.97 Å². The van der Waals surface area contributed by atoms with Gasteiger partial charge < -0.3 is 5.11 Å². The zero-order chi connectivity index (χ0) is 3.58. The van der Waals surface area contributed by atoms with E-state index in [1.54, 1.807) is 0 Å². The van der Waals surface area contributed by atoms with E-state index in [1.165, 1.54) is 0 Å². The Morgan fingerprint density at radius 3 is 1.80 bits per heavy atom. The normalized spacial score (nSPS) is 4.80. The van der Waals surface area contributed by atoms with Crippen LogP contribution in [0.15, 0.2) is 0 Å². The van der Waals surface area contributed by atoms with E-state index in [2.05, 4.69) is 6.92 Å². The average molecular weight is 155 g/mol. The summed E-state index contributed by atoms with van der Waals surface area (Å²) in [5.41, 5.74) is 0. The van der Waals surface area contributed by atoms with Crippen LogP contribution < -0.4 is 0 Å². The molecule has 0 radical (unpaired) electrons. The largest absolute Gasteiger partial charge is 0.503 e. The predicted molar refractivity (Wildman–Crippen MR) is 13.0 cm³/mol. The summed E-state index contributed by atoms with van der Waals surface area (Å²) in [4.78, 5) is 8.89. The van der Waals surface area contributed by atoms with Gasteiger partial charge in [0.15, 0.2) is 5.97 Å². The summed E-state index contributed by atoms with van der Waals surface area (Å²) in [6.45, 7) is 2.56. The molecular formula is C2H3MoO2-. The van der Waals surface area contributed by atoms with E-state index in [-0.39, 0.29) is 21.1 Å². The van der Waals surface area contributed by atoms with Gasteiger partial charge in [0.25, 0.3) is 0 Å². The summed E-state index contributed by atoms with van der Waals surface area (Å²) in [6, 6.07) is 0. The molecule has 0 aromatic rings. The molecule has 0 aromatic heterocycles. The number of hydrogen-bond acceptors (Lipinski definition) is 1. The molecule has 0 aromatic carbocycles. The molecule has 1 N–H and O–H groups in total. The summed E-state index contributed by atoms with van der Waals surface area (Å²) in [5, 5.41) is 7.31. The van der Waals surface area contributed by atoms with Crippen LogP contribution in [-0.2, 0) is 25.9 Å². The van der Waals surface area contributed by atoms with Crippen molar-refractivity contribution < 1.29 is 31.0 Å². The smallest absolute Gasteiger partial charge is 0.161 e. The summed E-state index contributed by atoms with van der Waals surface area (Å²) in [6.07, 6.45) is 0. The van der Waals surface area contributed by atoms with Gasteiger partial charge in [0, 0.05) is 21.1 Å². The molecule has 0 amide bonds. The monoisotopic (exact) mass is 157 g/mol. The van der Waals surface area contributed by atoms with E-state index in [0.717, 1.165) is 0 Å². The van der Waals surface area contributed by atoms with E-state index in [1.807, 2.05) is 0 Å². The third-order valence-electron chi connectivity index (χ3n) is 0. The van der Waals surface area contributed by atoms with Crippen LogP contribution in [-0.4, -0.2) is 11.1 Å². The van der Waals surface area contributed by atoms with Gasteiger partial charge in [-0.2, -0.15) is 0 Å². The first kappa shape index (κ1) is 8.90. The summed E-state index contributed by atoms with van der Waals surface area (Å²) < 4.78 is 0. The first-order valence-corrected chi connectivity index (χ1v) is 0.781. The van der Waals surface area contributed by atoms with Crippen molar-refractivity contribution in [3.63, 3.8) is 0 Å². The van der Waals surface area contributed by atoms with Gasteiger partial charge in [0.2, 0.25) is 0 Å². The maximum Gasteiger partial charge on any atom is 0.161 e. The summed E-state index contributed by atoms with van der Waals surface area (Å²) in [5.74, 6) is -1.08. The van der Waals surface area contributed by atoms with Gasteiger partial charge in [0.1, 0.15) is 0 Å². The number of carboxylic acid groups (broad SMARTS) is 1. The van der Waals surface area contributed by atoms with E-state index in [4.69, 9.17) is 9.90 Å². The Morgan fingerprint density at radius 1 is 1.80 bits per heavy atom. The van der Waals surface area contributed by atoms with Crippen LogP contribution in [0.4, 0.5) is 0 Å². The average Bonchev–Trinajstić information content (AvgIpc) is 0.811. The molecule has 0 heterocycles. The Bertz CT molecular complexity index is 30.6. The molecule has 0 rings (SSSR count). The molecule has 3 heteroatoms. The third kappa shape index (κ3) is 20700. The fourth-order valence-electron chi connectivity index (χ4n) is 0. The molecule has 5 heavy (non-hydrogen) atoms. The van der Waals surface area contributed by atoms with Crippen molar-refractivity contribution in [3.8, 4) is 0 Å². The first-order valence-electron chi connectivity index (χ1n) is 0.781. The molecule has 0 aliphatic heterocycles. The maximum atomic E-state index is 8.89. The predicted octanol–water partition coefficient (Wildman–Crippen LogP) is -0.0974. The Morgan fingerprint density at radius 2 is 1.80 bits per heavy atom. The van der Waals surface area contributed by atoms with Crippen molar-refractivity contribution in [2.24, 2.45) is 0 Å². The topological polar surface area (TPSA) is 37.3 Å². The molecular weight excluding hydrogens is 152 g/mol. The van der Waals surface area contributed by atoms with Crippen LogP contribution >= 0.6 is 0 Å². The van der Waals surface area contributed by atoms with Crippen molar-refractivity contribution in [2.75, 3.05) is 0 Å². The third-order valence-corrected chi connectivity index (χ3v) is 0. The van der Waals surface area contributed by atoms with Crippen molar-refractivity contribution in [2.45, 2.75) is 0 Å². The van der Waals surface area contributed by atoms with Crippen LogP contribution in [0.1, 0.15) is 0 Å². The van der Waals surface area contributed by atoms with Crippen molar-refractivity contribution in [3.05, 3.63) is 6.92 Å². The minimum atomic E-state index is -1.08. The molecule has 0 saturated heterocycles. The Hall–Kier alpha value is 0.0283. The van der Waals surface area contributed by atoms with Gasteiger partial charge in [-0.3, -0.25) is 11.7 Å². The van der Waals surface area contributed by atoms with Crippen LogP contribution in [0.3, 0.4) is 0 Å². The van der Waals surface area contributed by atoms with Crippen molar-refractivity contribution in [1.82, 2.24) is 0 Å². The number of carbonyl (C=O) groups is 1. The van der Waals surface area contributed by atoms with E-state index in [9.17, 15) is 0 Å². The van der Waals surface area contributed by atoms with E-state index >= 15 is 0 Å². The van der Waals surface area contributed by atoms with Crippen LogP contribution in [0.5, 0.6) is 0 Å². The second-order valence-electron chi connectivity index (χ2n) is 0.394. The molecule has 0 saturated carbocycles. The van der Waals surface area contributed by atoms with Gasteiger partial charge in [-0.15, -0.1) is 0 Å². The molecule has 2 nitrogen and oxygen atoms in total. The van der Waals surface area contributed by atoms with Gasteiger partial charge in [0.05, 0.1) is 0 Å². The molecule has 0 atom stereocenters. The Labute approximate surface area is 44.4 Å². The number of aliphatic carboxylic acids is 1. The van der Waals surface area contributed by atoms with E-state index in [0.29, 0.717) is 0 Å². The second kappa shape index (κ2) is 4.03. The zero-order valence-corrected chi connectivity index (χ0v) is 4.48. The molecule has 0 spiro atoms. The molecule has 0 aliphatic carbocycles. The van der Waals surface area contributed by atoms with Gasteiger partial charge in [-0.25, -0.2) is 0 Å². The number of hydrogen-bond donors (Lipinski definition) is 1. The minimum Gasteiger partial charge on any atom is -0.503 e. The molecule has 0 bridgehead atoms. The van der Waals surface area contributed by atoms with Gasteiger partial charge >= 0.3 is 0 Å². The number of rotatable bonds is 0. The summed E-state index contributed by atoms with van der Waals surface area (Å²) >= 11 is 0. The molecule has 0 fully saturated rings. The first-order chi connectivity index (χ1) is 1.73. The minimum absolute atomic E-state index is 0. The fourth-order valence-corrected chi connectivity index (χ4v) is 0. The maximum absolute atomic E-state index is 8.89. The number of carboxylic acids is 1. The van der Waals surface area contributed by atoms with Gasteiger partial charge in [-0.05, 0) is 0 Å². The second-order valence-corrected chi connectivity index (χ2v) is 0.394. The Kier molecular flexibility index (Phi) is 7.17. The molecule has 0 unspecified atom stereocenters.